The Kier molecular flexibility index (Phi) is 8.43. The Labute approximate surface area is 148 Å². The fourth-order valence-electron chi connectivity index (χ4n) is 2.05. The molecule has 0 bridgehead atoms. The van der Waals surface area contributed by atoms with Crippen LogP contribution in [0.25, 0.3) is 0 Å². The number of nitrogens with two attached hydrogens (primary N) is 1. The minimum absolute atomic E-state index is 0.242. The Morgan fingerprint density at radius 1 is 1.36 bits per heavy atom. The molecule has 0 amide bonds. The molecule has 4 N–H and O–H groups in total. The number of aliphatic imine (C=N–C) groups is 1. The summed E-state index contributed by atoms with van der Waals surface area (Å²) in [4.78, 5) is 16.7. The van der Waals surface area contributed by atoms with Crippen molar-refractivity contribution in [2.24, 2.45) is 10.7 Å². The van der Waals surface area contributed by atoms with Crippen molar-refractivity contribution in [3.8, 4) is 0 Å². The Morgan fingerprint density at radius 3 is 2.72 bits per heavy atom. The summed E-state index contributed by atoms with van der Waals surface area (Å²) in [6, 6.07) is 10.2. The summed E-state index contributed by atoms with van der Waals surface area (Å²) in [7, 11) is 0. The first kappa shape index (κ1) is 19.9. The molecule has 1 heterocycles. The van der Waals surface area contributed by atoms with Crippen LogP contribution in [0.3, 0.4) is 0 Å². The molecule has 0 saturated heterocycles. The minimum Gasteiger partial charge on any atom is -0.483 e. The molecule has 6 heteroatoms. The second-order valence-corrected chi connectivity index (χ2v) is 5.48. The molecule has 0 spiro atoms. The molecule has 1 aromatic heterocycles. The lowest BCUT2D eigenvalue weighted by atomic mass is 10.0. The lowest BCUT2D eigenvalue weighted by molar-refractivity contribution is -0.122. The zero-order chi connectivity index (χ0) is 18.7. The van der Waals surface area contributed by atoms with Crippen molar-refractivity contribution in [1.29, 1.82) is 0 Å². The first-order valence-corrected chi connectivity index (χ1v) is 7.80. The predicted molar refractivity (Wildman–Crippen MR) is 102 cm³/mol. The van der Waals surface area contributed by atoms with E-state index < -0.39 is 0 Å². The molecule has 1 aromatic carbocycles. The molecule has 2 rings (SSSR count). The van der Waals surface area contributed by atoms with Gasteiger partial charge in [-0.25, -0.2) is 4.99 Å². The number of nitrogens with zero attached hydrogens (tertiary/aromatic N) is 2. The van der Waals surface area contributed by atoms with Gasteiger partial charge in [-0.2, -0.15) is 0 Å². The first-order valence-electron chi connectivity index (χ1n) is 7.80. The van der Waals surface area contributed by atoms with Crippen LogP contribution in [0.15, 0.2) is 60.0 Å². The molecule has 0 saturated carbocycles. The zero-order valence-corrected chi connectivity index (χ0v) is 14.7. The van der Waals surface area contributed by atoms with Crippen molar-refractivity contribution in [2.75, 3.05) is 5.32 Å². The van der Waals surface area contributed by atoms with Crippen LogP contribution >= 0.6 is 0 Å². The number of anilines is 1. The molecule has 0 fully saturated rings. The Hall–Kier alpha value is -3.15. The minimum atomic E-state index is -0.250. The van der Waals surface area contributed by atoms with Crippen LogP contribution in [0.4, 0.5) is 5.69 Å². The van der Waals surface area contributed by atoms with E-state index in [2.05, 4.69) is 40.4 Å². The molecular weight excluding hydrogens is 316 g/mol. The maximum absolute atomic E-state index is 8.36. The Morgan fingerprint density at radius 2 is 2.08 bits per heavy atom. The van der Waals surface area contributed by atoms with E-state index in [1.54, 1.807) is 12.4 Å². The molecule has 1 atom stereocenters. The SMILES string of the molecule is Cc1ccc(C)c(NC(N)=N/C=C\C(C)c2cccnc2)c1.O=CO. The van der Waals surface area contributed by atoms with E-state index in [1.807, 2.05) is 38.3 Å². The predicted octanol–water partition coefficient (Wildman–Crippen LogP) is 3.44. The first-order chi connectivity index (χ1) is 12.0. The standard InChI is InChI=1S/C18H22N4.CH2O2/c1-13-6-7-15(3)17(11-13)22-18(19)21-10-8-14(2)16-5-4-9-20-12-16;2-1-3/h4-12,14H,1-3H3,(H3,19,21,22);1H,(H,2,3)/b10-8-;. The number of hydrogen-bond donors (Lipinski definition) is 3. The van der Waals surface area contributed by atoms with Crippen LogP contribution in [-0.2, 0) is 4.79 Å². The van der Waals surface area contributed by atoms with Crippen LogP contribution in [0.5, 0.6) is 0 Å². The van der Waals surface area contributed by atoms with Crippen LogP contribution < -0.4 is 11.1 Å². The van der Waals surface area contributed by atoms with Gasteiger partial charge >= 0.3 is 0 Å². The highest BCUT2D eigenvalue weighted by molar-refractivity contribution is 5.93. The zero-order valence-electron chi connectivity index (χ0n) is 14.7. The summed E-state index contributed by atoms with van der Waals surface area (Å²) in [6.45, 7) is 5.93. The van der Waals surface area contributed by atoms with E-state index in [4.69, 9.17) is 15.6 Å². The normalized spacial score (nSPS) is 12.2. The summed E-state index contributed by atoms with van der Waals surface area (Å²) in [5, 5.41) is 10.0. The average molecular weight is 340 g/mol. The summed E-state index contributed by atoms with van der Waals surface area (Å²) in [5.74, 6) is 0.620. The average Bonchev–Trinajstić information content (AvgIpc) is 2.59. The number of rotatable bonds is 4. The van der Waals surface area contributed by atoms with Crippen molar-refractivity contribution in [1.82, 2.24) is 4.98 Å². The van der Waals surface area contributed by atoms with Gasteiger partial charge in [-0.1, -0.05) is 31.2 Å². The van der Waals surface area contributed by atoms with Crippen molar-refractivity contribution in [3.05, 3.63) is 71.7 Å². The van der Waals surface area contributed by atoms with Crippen molar-refractivity contribution in [3.63, 3.8) is 0 Å². The third kappa shape index (κ3) is 7.30. The fourth-order valence-corrected chi connectivity index (χ4v) is 2.05. The number of pyridine rings is 1. The van der Waals surface area contributed by atoms with Crippen LogP contribution in [0.2, 0.25) is 0 Å². The molecule has 2 aromatic rings. The van der Waals surface area contributed by atoms with Crippen molar-refractivity contribution < 1.29 is 9.90 Å². The highest BCUT2D eigenvalue weighted by atomic mass is 16.3. The molecule has 0 aliphatic rings. The highest BCUT2D eigenvalue weighted by Crippen LogP contribution is 2.16. The molecular formula is C19H24N4O2. The van der Waals surface area contributed by atoms with Gasteiger partial charge in [-0.05, 0) is 42.7 Å². The monoisotopic (exact) mass is 340 g/mol. The van der Waals surface area contributed by atoms with Gasteiger partial charge in [0.1, 0.15) is 0 Å². The third-order valence-corrected chi connectivity index (χ3v) is 3.45. The quantitative estimate of drug-likeness (QED) is 0.450. The fraction of sp³-hybridized carbons (Fsp3) is 0.211. The number of aryl methyl sites for hydroxylation is 2. The van der Waals surface area contributed by atoms with E-state index in [0.717, 1.165) is 16.8 Å². The van der Waals surface area contributed by atoms with E-state index >= 15 is 0 Å². The van der Waals surface area contributed by atoms with Crippen molar-refractivity contribution >= 4 is 18.1 Å². The number of aromatic nitrogens is 1. The summed E-state index contributed by atoms with van der Waals surface area (Å²) >= 11 is 0. The van der Waals surface area contributed by atoms with Gasteiger partial charge in [0.2, 0.25) is 0 Å². The number of hydrogen-bond acceptors (Lipinski definition) is 3. The van der Waals surface area contributed by atoms with Gasteiger partial charge in [0.15, 0.2) is 5.96 Å². The molecule has 132 valence electrons. The molecule has 0 radical (unpaired) electrons. The van der Waals surface area contributed by atoms with E-state index in [1.165, 1.54) is 5.56 Å². The summed E-state index contributed by atoms with van der Waals surface area (Å²) < 4.78 is 0. The second kappa shape index (κ2) is 10.6. The number of benzene rings is 1. The highest BCUT2D eigenvalue weighted by Gasteiger charge is 2.01. The summed E-state index contributed by atoms with van der Waals surface area (Å²) in [6.07, 6.45) is 7.35. The number of nitrogens with one attached hydrogen (secondary N) is 1. The van der Waals surface area contributed by atoms with Crippen LogP contribution in [-0.4, -0.2) is 22.5 Å². The summed E-state index contributed by atoms with van der Waals surface area (Å²) in [5.41, 5.74) is 10.4. The van der Waals surface area contributed by atoms with Crippen LogP contribution in [0.1, 0.15) is 29.5 Å². The second-order valence-electron chi connectivity index (χ2n) is 5.48. The molecule has 1 unspecified atom stereocenters. The van der Waals surface area contributed by atoms with E-state index in [-0.39, 0.29) is 12.4 Å². The molecule has 0 aliphatic carbocycles. The van der Waals surface area contributed by atoms with Gasteiger partial charge in [-0.15, -0.1) is 0 Å². The Bertz CT molecular complexity index is 727. The Balaban J connectivity index is 0.000000970. The smallest absolute Gasteiger partial charge is 0.290 e. The van der Waals surface area contributed by atoms with Gasteiger partial charge in [-0.3, -0.25) is 9.78 Å². The lowest BCUT2D eigenvalue weighted by Gasteiger charge is -2.09. The number of carbonyl (C=O) groups is 1. The molecule has 6 nitrogen and oxygen atoms in total. The van der Waals surface area contributed by atoms with Crippen molar-refractivity contribution in [2.45, 2.75) is 26.7 Å². The van der Waals surface area contributed by atoms with E-state index in [0.29, 0.717) is 5.96 Å². The van der Waals surface area contributed by atoms with Gasteiger partial charge in [0.25, 0.3) is 6.47 Å². The number of guanidine groups is 1. The molecule has 0 aliphatic heterocycles. The lowest BCUT2D eigenvalue weighted by Crippen LogP contribution is -2.22. The maximum Gasteiger partial charge on any atom is 0.290 e. The van der Waals surface area contributed by atoms with Gasteiger partial charge < -0.3 is 16.2 Å². The van der Waals surface area contributed by atoms with Gasteiger partial charge in [0, 0.05) is 30.2 Å². The topological polar surface area (TPSA) is 101 Å². The molecule has 25 heavy (non-hydrogen) atoms. The largest absolute Gasteiger partial charge is 0.483 e. The van der Waals surface area contributed by atoms with Crippen LogP contribution in [0, 0.1) is 13.8 Å². The maximum atomic E-state index is 8.36. The van der Waals surface area contributed by atoms with E-state index in [9.17, 15) is 0 Å². The number of carboxylic acid groups (broad SMARTS) is 1. The number of allylic oxidation sites excluding steroid dienone is 1. The van der Waals surface area contributed by atoms with Gasteiger partial charge in [0.05, 0.1) is 0 Å². The third-order valence-electron chi connectivity index (χ3n) is 3.45.